The van der Waals surface area contributed by atoms with Gasteiger partial charge in [0.05, 0.1) is 0 Å². The van der Waals surface area contributed by atoms with Gasteiger partial charge >= 0.3 is 0 Å². The molecule has 0 aliphatic heterocycles. The molecule has 0 unspecified atom stereocenters. The van der Waals surface area contributed by atoms with Crippen LogP contribution in [-0.4, -0.2) is 0 Å². The van der Waals surface area contributed by atoms with Crippen LogP contribution >= 0.6 is 0 Å². The molecule has 0 aliphatic rings. The molecule has 0 aliphatic carbocycles. The first-order valence-electron chi connectivity index (χ1n) is 3.99. The Morgan fingerprint density at radius 2 is 1.82 bits per heavy atom. The highest BCUT2D eigenvalue weighted by Gasteiger charge is 1.93. The number of hydrogen-bond acceptors (Lipinski definition) is 0. The van der Waals surface area contributed by atoms with Crippen molar-refractivity contribution in [2.24, 2.45) is 0 Å². The van der Waals surface area contributed by atoms with E-state index in [0.717, 1.165) is 6.42 Å². The highest BCUT2D eigenvalue weighted by Crippen LogP contribution is 2.15. The summed E-state index contributed by atoms with van der Waals surface area (Å²) in [5.74, 6) is 0. The molecule has 0 heterocycles. The lowest BCUT2D eigenvalue weighted by Gasteiger charge is -2.01. The van der Waals surface area contributed by atoms with E-state index in [2.05, 4.69) is 44.7 Å². The molecule has 0 radical (unpaired) electrons. The van der Waals surface area contributed by atoms with Crippen molar-refractivity contribution in [1.29, 1.82) is 0 Å². The topological polar surface area (TPSA) is 0 Å². The molecule has 0 fully saturated rings. The summed E-state index contributed by atoms with van der Waals surface area (Å²) in [6.45, 7) is 8.20. The molecule has 0 atom stereocenters. The third kappa shape index (κ3) is 1.94. The molecule has 1 rings (SSSR count). The molecule has 0 heteroatoms. The predicted octanol–water partition coefficient (Wildman–Crippen LogP) is 3.42. The molecule has 0 saturated heterocycles. The van der Waals surface area contributed by atoms with Gasteiger partial charge in [0.1, 0.15) is 0 Å². The smallest absolute Gasteiger partial charge is 0.0230 e. The molecule has 0 bridgehead atoms. The summed E-state index contributed by atoms with van der Waals surface area (Å²) in [6.07, 6.45) is 1.03. The van der Waals surface area contributed by atoms with E-state index in [1.54, 1.807) is 0 Å². The predicted molar refractivity (Wildman–Crippen MR) is 50.5 cm³/mol. The molecule has 0 N–H and O–H groups in total. The summed E-state index contributed by atoms with van der Waals surface area (Å²) >= 11 is 0. The van der Waals surface area contributed by atoms with E-state index in [0.29, 0.717) is 0 Å². The average molecular weight is 146 g/mol. The number of aryl methyl sites for hydroxylation is 1. The molecule has 11 heavy (non-hydrogen) atoms. The Kier molecular flexibility index (Phi) is 2.48. The number of rotatable bonds is 2. The van der Waals surface area contributed by atoms with E-state index in [9.17, 15) is 0 Å². The Morgan fingerprint density at radius 3 is 2.27 bits per heavy atom. The number of allylic oxidation sites excluding steroid dienone is 1. The van der Waals surface area contributed by atoms with E-state index in [1.165, 1.54) is 16.7 Å². The standard InChI is InChI=1S/C11H14/c1-4-10(3)11-7-5-9(2)6-8-11/h5-8H,3-4H2,1-2H3. The minimum Gasteiger partial charge on any atom is -0.0952 e. The molecule has 1 aromatic carbocycles. The maximum Gasteiger partial charge on any atom is -0.0230 e. The van der Waals surface area contributed by atoms with Crippen LogP contribution in [-0.2, 0) is 0 Å². The summed E-state index contributed by atoms with van der Waals surface area (Å²) in [6, 6.07) is 8.49. The average Bonchev–Trinajstić information content (AvgIpc) is 2.05. The molecule has 0 nitrogen and oxygen atoms in total. The summed E-state index contributed by atoms with van der Waals surface area (Å²) in [7, 11) is 0. The molecule has 58 valence electrons. The lowest BCUT2D eigenvalue weighted by molar-refractivity contribution is 1.24. The van der Waals surface area contributed by atoms with E-state index in [-0.39, 0.29) is 0 Å². The SMILES string of the molecule is C=C(CC)c1ccc(C)cc1. The van der Waals surface area contributed by atoms with Crippen molar-refractivity contribution in [3.8, 4) is 0 Å². The molecule has 0 amide bonds. The normalized spacial score (nSPS) is 9.64. The van der Waals surface area contributed by atoms with Crippen LogP contribution in [0.1, 0.15) is 24.5 Å². The minimum atomic E-state index is 1.03. The van der Waals surface area contributed by atoms with Crippen molar-refractivity contribution in [2.75, 3.05) is 0 Å². The fourth-order valence-corrected chi connectivity index (χ4v) is 0.993. The van der Waals surface area contributed by atoms with E-state index < -0.39 is 0 Å². The van der Waals surface area contributed by atoms with Crippen molar-refractivity contribution >= 4 is 5.57 Å². The van der Waals surface area contributed by atoms with Gasteiger partial charge in [0.2, 0.25) is 0 Å². The highest BCUT2D eigenvalue weighted by molar-refractivity contribution is 5.62. The van der Waals surface area contributed by atoms with Crippen molar-refractivity contribution < 1.29 is 0 Å². The van der Waals surface area contributed by atoms with Gasteiger partial charge in [0, 0.05) is 0 Å². The Bertz CT molecular complexity index is 241. The van der Waals surface area contributed by atoms with E-state index in [4.69, 9.17) is 0 Å². The molecular weight excluding hydrogens is 132 g/mol. The Morgan fingerprint density at radius 1 is 1.27 bits per heavy atom. The van der Waals surface area contributed by atoms with Gasteiger partial charge in [-0.25, -0.2) is 0 Å². The van der Waals surface area contributed by atoms with E-state index >= 15 is 0 Å². The van der Waals surface area contributed by atoms with Crippen LogP contribution in [0.3, 0.4) is 0 Å². The van der Waals surface area contributed by atoms with Crippen LogP contribution < -0.4 is 0 Å². The van der Waals surface area contributed by atoms with Gasteiger partial charge in [0.15, 0.2) is 0 Å². The fraction of sp³-hybridized carbons (Fsp3) is 0.273. The lowest BCUT2D eigenvalue weighted by Crippen LogP contribution is -1.80. The quantitative estimate of drug-likeness (QED) is 0.599. The second kappa shape index (κ2) is 3.38. The maximum absolute atomic E-state index is 3.97. The van der Waals surface area contributed by atoms with Crippen LogP contribution in [0.5, 0.6) is 0 Å². The van der Waals surface area contributed by atoms with Crippen LogP contribution in [0, 0.1) is 6.92 Å². The van der Waals surface area contributed by atoms with Crippen LogP contribution in [0.2, 0.25) is 0 Å². The number of hydrogen-bond donors (Lipinski definition) is 0. The van der Waals surface area contributed by atoms with Crippen LogP contribution in [0.25, 0.3) is 5.57 Å². The van der Waals surface area contributed by atoms with Crippen LogP contribution in [0.4, 0.5) is 0 Å². The first-order valence-corrected chi connectivity index (χ1v) is 3.99. The van der Waals surface area contributed by atoms with Gasteiger partial charge < -0.3 is 0 Å². The van der Waals surface area contributed by atoms with Gasteiger partial charge in [0.25, 0.3) is 0 Å². The van der Waals surface area contributed by atoms with Gasteiger partial charge in [-0.3, -0.25) is 0 Å². The van der Waals surface area contributed by atoms with E-state index in [1.807, 2.05) is 0 Å². The van der Waals surface area contributed by atoms with Crippen molar-refractivity contribution in [2.45, 2.75) is 20.3 Å². The lowest BCUT2D eigenvalue weighted by atomic mass is 10.0. The molecule has 0 aromatic heterocycles. The summed E-state index contributed by atoms with van der Waals surface area (Å²) in [5, 5.41) is 0. The zero-order valence-corrected chi connectivity index (χ0v) is 7.22. The Hall–Kier alpha value is -1.04. The third-order valence-corrected chi connectivity index (χ3v) is 1.89. The molecule has 0 spiro atoms. The van der Waals surface area contributed by atoms with Crippen molar-refractivity contribution in [1.82, 2.24) is 0 Å². The first kappa shape index (κ1) is 8.06. The van der Waals surface area contributed by atoms with Gasteiger partial charge in [-0.15, -0.1) is 0 Å². The van der Waals surface area contributed by atoms with Crippen molar-refractivity contribution in [3.63, 3.8) is 0 Å². The Labute approximate surface area is 68.6 Å². The zero-order chi connectivity index (χ0) is 8.27. The second-order valence-corrected chi connectivity index (χ2v) is 2.82. The molecule has 1 aromatic rings. The zero-order valence-electron chi connectivity index (χ0n) is 7.22. The molecular formula is C11H14. The van der Waals surface area contributed by atoms with Crippen molar-refractivity contribution in [3.05, 3.63) is 42.0 Å². The highest BCUT2D eigenvalue weighted by atomic mass is 14.0. The third-order valence-electron chi connectivity index (χ3n) is 1.89. The summed E-state index contributed by atoms with van der Waals surface area (Å²) in [5.41, 5.74) is 3.78. The van der Waals surface area contributed by atoms with Crippen LogP contribution in [0.15, 0.2) is 30.8 Å². The van der Waals surface area contributed by atoms with Gasteiger partial charge in [-0.1, -0.05) is 43.3 Å². The monoisotopic (exact) mass is 146 g/mol. The number of benzene rings is 1. The summed E-state index contributed by atoms with van der Waals surface area (Å²) < 4.78 is 0. The van der Waals surface area contributed by atoms with Gasteiger partial charge in [-0.05, 0) is 24.5 Å². The first-order chi connectivity index (χ1) is 5.24. The maximum atomic E-state index is 3.97. The fourth-order valence-electron chi connectivity index (χ4n) is 0.993. The minimum absolute atomic E-state index is 1.03. The summed E-state index contributed by atoms with van der Waals surface area (Å²) in [4.78, 5) is 0. The van der Waals surface area contributed by atoms with Gasteiger partial charge in [-0.2, -0.15) is 0 Å². The largest absolute Gasteiger partial charge is 0.0952 e. The Balaban J connectivity index is 2.90. The molecule has 0 saturated carbocycles. The second-order valence-electron chi connectivity index (χ2n) is 2.82.